The summed E-state index contributed by atoms with van der Waals surface area (Å²) < 4.78 is 0. The maximum Gasteiger partial charge on any atom is 0.163 e. The molecule has 0 aliphatic rings. The van der Waals surface area contributed by atoms with Crippen molar-refractivity contribution >= 4 is 5.78 Å². The molecule has 0 amide bonds. The van der Waals surface area contributed by atoms with E-state index in [4.69, 9.17) is 5.73 Å². The summed E-state index contributed by atoms with van der Waals surface area (Å²) in [5.41, 5.74) is 10.4. The van der Waals surface area contributed by atoms with Crippen LogP contribution >= 0.6 is 0 Å². The Kier molecular flexibility index (Phi) is 5.14. The average Bonchev–Trinajstić information content (AvgIpc) is 2.67. The number of hydrogen-bond donors (Lipinski definition) is 1. The van der Waals surface area contributed by atoms with Crippen LogP contribution in [0.1, 0.15) is 27.9 Å². The predicted octanol–water partition coefficient (Wildman–Crippen LogP) is 4.02. The lowest BCUT2D eigenvalue weighted by molar-refractivity contribution is 0.0983. The van der Waals surface area contributed by atoms with Crippen molar-refractivity contribution in [3.63, 3.8) is 0 Å². The maximum absolute atomic E-state index is 12.5. The van der Waals surface area contributed by atoms with Crippen LogP contribution in [0.15, 0.2) is 72.9 Å². The minimum Gasteiger partial charge on any atom is -0.326 e. The highest BCUT2D eigenvalue weighted by molar-refractivity contribution is 5.97. The number of carbonyl (C=O) groups is 1. The average molecular weight is 316 g/mol. The van der Waals surface area contributed by atoms with Gasteiger partial charge in [-0.1, -0.05) is 48.5 Å². The summed E-state index contributed by atoms with van der Waals surface area (Å²) in [7, 11) is 0. The van der Waals surface area contributed by atoms with Gasteiger partial charge in [-0.15, -0.1) is 0 Å². The number of nitrogens with zero attached hydrogens (tertiary/aromatic N) is 1. The molecule has 0 atom stereocenters. The first-order valence-corrected chi connectivity index (χ1v) is 8.09. The van der Waals surface area contributed by atoms with Crippen LogP contribution in [0, 0.1) is 0 Å². The lowest BCUT2D eigenvalue weighted by atomic mass is 10.00. The highest BCUT2D eigenvalue weighted by atomic mass is 16.1. The third-order valence-corrected chi connectivity index (χ3v) is 4.02. The summed E-state index contributed by atoms with van der Waals surface area (Å²) in [6.45, 7) is 0.477. The number of aryl methyl sites for hydroxylation is 1. The number of rotatable bonds is 6. The van der Waals surface area contributed by atoms with Crippen LogP contribution in [0.25, 0.3) is 11.3 Å². The molecule has 0 unspecified atom stereocenters. The first-order chi connectivity index (χ1) is 11.8. The van der Waals surface area contributed by atoms with Gasteiger partial charge in [0, 0.05) is 30.3 Å². The Bertz CT molecular complexity index is 828. The quantitative estimate of drug-likeness (QED) is 0.699. The van der Waals surface area contributed by atoms with E-state index in [9.17, 15) is 4.79 Å². The zero-order chi connectivity index (χ0) is 16.8. The number of carbonyl (C=O) groups excluding carboxylic acids is 1. The smallest absolute Gasteiger partial charge is 0.163 e. The molecular weight excluding hydrogens is 296 g/mol. The van der Waals surface area contributed by atoms with Crippen molar-refractivity contribution in [3.05, 3.63) is 89.6 Å². The van der Waals surface area contributed by atoms with E-state index in [1.807, 2.05) is 66.7 Å². The van der Waals surface area contributed by atoms with Gasteiger partial charge < -0.3 is 5.73 Å². The number of nitrogens with two attached hydrogens (primary N) is 1. The Hall–Kier alpha value is -2.78. The lowest BCUT2D eigenvalue weighted by Crippen LogP contribution is -2.02. The number of hydrogen-bond acceptors (Lipinski definition) is 3. The molecule has 0 aliphatic carbocycles. The molecule has 3 heteroatoms. The zero-order valence-corrected chi connectivity index (χ0v) is 13.5. The molecule has 0 spiro atoms. The molecule has 2 N–H and O–H groups in total. The molecule has 1 heterocycles. The highest BCUT2D eigenvalue weighted by Gasteiger charge is 2.08. The number of aromatic nitrogens is 1. The Morgan fingerprint density at radius 3 is 2.54 bits per heavy atom. The molecule has 0 saturated carbocycles. The molecule has 120 valence electrons. The highest BCUT2D eigenvalue weighted by Crippen LogP contribution is 2.20. The Balaban J connectivity index is 1.76. The fourth-order valence-electron chi connectivity index (χ4n) is 2.66. The topological polar surface area (TPSA) is 56.0 Å². The second kappa shape index (κ2) is 7.66. The number of ketones is 1. The van der Waals surface area contributed by atoms with Crippen LogP contribution in [0.4, 0.5) is 0 Å². The number of pyridine rings is 1. The molecule has 3 nitrogen and oxygen atoms in total. The van der Waals surface area contributed by atoms with E-state index in [-0.39, 0.29) is 5.78 Å². The molecule has 3 rings (SSSR count). The monoisotopic (exact) mass is 316 g/mol. The first kappa shape index (κ1) is 16.1. The summed E-state index contributed by atoms with van der Waals surface area (Å²) in [5.74, 6) is 0.149. The molecule has 24 heavy (non-hydrogen) atoms. The maximum atomic E-state index is 12.5. The van der Waals surface area contributed by atoms with Crippen molar-refractivity contribution < 1.29 is 4.79 Å². The summed E-state index contributed by atoms with van der Waals surface area (Å²) in [5, 5.41) is 0. The Morgan fingerprint density at radius 2 is 1.75 bits per heavy atom. The van der Waals surface area contributed by atoms with Gasteiger partial charge in [-0.2, -0.15) is 0 Å². The van der Waals surface area contributed by atoms with E-state index in [1.165, 1.54) is 5.56 Å². The Labute approximate surface area is 142 Å². The second-order valence-electron chi connectivity index (χ2n) is 5.74. The van der Waals surface area contributed by atoms with Crippen LogP contribution in [-0.4, -0.2) is 10.8 Å². The largest absolute Gasteiger partial charge is 0.326 e. The van der Waals surface area contributed by atoms with E-state index in [0.29, 0.717) is 13.0 Å². The van der Waals surface area contributed by atoms with E-state index >= 15 is 0 Å². The SMILES string of the molecule is NCc1ccnc(-c2cccc(C(=O)CCc3ccccc3)c2)c1. The predicted molar refractivity (Wildman–Crippen MR) is 96.7 cm³/mol. The summed E-state index contributed by atoms with van der Waals surface area (Å²) >= 11 is 0. The molecule has 0 saturated heterocycles. The van der Waals surface area contributed by atoms with Crippen LogP contribution in [0.5, 0.6) is 0 Å². The fraction of sp³-hybridized carbons (Fsp3) is 0.143. The van der Waals surface area contributed by atoms with Crippen LogP contribution in [-0.2, 0) is 13.0 Å². The van der Waals surface area contributed by atoms with E-state index in [2.05, 4.69) is 4.98 Å². The minimum atomic E-state index is 0.149. The molecular formula is C21H20N2O. The van der Waals surface area contributed by atoms with Crippen molar-refractivity contribution in [3.8, 4) is 11.3 Å². The summed E-state index contributed by atoms with van der Waals surface area (Å²) in [6.07, 6.45) is 3.01. The standard InChI is InChI=1S/C21H20N2O/c22-15-17-11-12-23-20(13-17)18-7-4-8-19(14-18)21(24)10-9-16-5-2-1-3-6-16/h1-8,11-14H,9-10,15,22H2. The minimum absolute atomic E-state index is 0.149. The van der Waals surface area contributed by atoms with Crippen LogP contribution < -0.4 is 5.73 Å². The van der Waals surface area contributed by atoms with Gasteiger partial charge in [-0.25, -0.2) is 0 Å². The number of benzene rings is 2. The second-order valence-corrected chi connectivity index (χ2v) is 5.74. The molecule has 2 aromatic carbocycles. The van der Waals surface area contributed by atoms with E-state index in [0.717, 1.165) is 28.8 Å². The number of Topliss-reactive ketones (excluding diaryl/α,β-unsaturated/α-hetero) is 1. The van der Waals surface area contributed by atoms with Gasteiger partial charge in [-0.3, -0.25) is 9.78 Å². The first-order valence-electron chi connectivity index (χ1n) is 8.09. The molecule has 0 bridgehead atoms. The van der Waals surface area contributed by atoms with Crippen molar-refractivity contribution in [2.75, 3.05) is 0 Å². The third-order valence-electron chi connectivity index (χ3n) is 4.02. The molecule has 1 aromatic heterocycles. The van der Waals surface area contributed by atoms with Crippen LogP contribution in [0.2, 0.25) is 0 Å². The van der Waals surface area contributed by atoms with Crippen molar-refractivity contribution in [2.45, 2.75) is 19.4 Å². The molecule has 3 aromatic rings. The lowest BCUT2D eigenvalue weighted by Gasteiger charge is -2.06. The summed E-state index contributed by atoms with van der Waals surface area (Å²) in [6, 6.07) is 21.6. The van der Waals surface area contributed by atoms with Crippen molar-refractivity contribution in [1.29, 1.82) is 0 Å². The fourth-order valence-corrected chi connectivity index (χ4v) is 2.66. The Morgan fingerprint density at radius 1 is 0.917 bits per heavy atom. The van der Waals surface area contributed by atoms with Crippen molar-refractivity contribution in [2.24, 2.45) is 5.73 Å². The van der Waals surface area contributed by atoms with Gasteiger partial charge in [0.1, 0.15) is 0 Å². The molecule has 0 radical (unpaired) electrons. The van der Waals surface area contributed by atoms with E-state index < -0.39 is 0 Å². The van der Waals surface area contributed by atoms with Gasteiger partial charge in [-0.05, 0) is 35.7 Å². The van der Waals surface area contributed by atoms with Gasteiger partial charge >= 0.3 is 0 Å². The van der Waals surface area contributed by atoms with Crippen LogP contribution in [0.3, 0.4) is 0 Å². The summed E-state index contributed by atoms with van der Waals surface area (Å²) in [4.78, 5) is 16.9. The van der Waals surface area contributed by atoms with Gasteiger partial charge in [0.15, 0.2) is 5.78 Å². The van der Waals surface area contributed by atoms with Crippen molar-refractivity contribution in [1.82, 2.24) is 4.98 Å². The van der Waals surface area contributed by atoms with Gasteiger partial charge in [0.25, 0.3) is 0 Å². The molecule has 0 fully saturated rings. The van der Waals surface area contributed by atoms with E-state index in [1.54, 1.807) is 6.20 Å². The van der Waals surface area contributed by atoms with Gasteiger partial charge in [0.05, 0.1) is 5.69 Å². The normalized spacial score (nSPS) is 10.5. The van der Waals surface area contributed by atoms with Gasteiger partial charge in [0.2, 0.25) is 0 Å². The molecule has 0 aliphatic heterocycles. The third kappa shape index (κ3) is 3.94. The zero-order valence-electron chi connectivity index (χ0n) is 13.5.